The van der Waals surface area contributed by atoms with Crippen LogP contribution in [0.5, 0.6) is 0 Å². The minimum atomic E-state index is -4.59. The first-order valence-electron chi connectivity index (χ1n) is 9.24. The van der Waals surface area contributed by atoms with Gasteiger partial charge < -0.3 is 9.80 Å². The number of rotatable bonds is 3. The van der Waals surface area contributed by atoms with E-state index in [4.69, 9.17) is 11.6 Å². The van der Waals surface area contributed by atoms with Crippen LogP contribution in [-0.4, -0.2) is 71.8 Å². The van der Waals surface area contributed by atoms with Crippen molar-refractivity contribution < 1.29 is 18.0 Å². The highest BCUT2D eigenvalue weighted by Gasteiger charge is 2.48. The monoisotopic (exact) mass is 416 g/mol. The smallest absolute Gasteiger partial charge is 0.368 e. The average Bonchev–Trinajstić information content (AvgIpc) is 2.92. The lowest BCUT2D eigenvalue weighted by molar-refractivity contribution is -0.133. The van der Waals surface area contributed by atoms with Crippen LogP contribution in [0.2, 0.25) is 0 Å². The van der Waals surface area contributed by atoms with Crippen LogP contribution < -0.4 is 4.90 Å². The number of hydrogen-bond acceptors (Lipinski definition) is 4. The zero-order chi connectivity index (χ0) is 20.6. The number of hydrazone groups is 1. The van der Waals surface area contributed by atoms with Crippen molar-refractivity contribution in [3.8, 4) is 0 Å². The molecule has 5 nitrogen and oxygen atoms in total. The Bertz CT molecular complexity index is 775. The standard InChI is InChI=1S/C19H24ClF3N4O/c1-12-4-5-15(10-13(12)2)25-6-8-26(9-7-25)16(28)11-27-14(3)17(20)18(24-27)19(21,22)23/h4-5,10,14,17H,6-9,11H2,1-3H3. The fourth-order valence-corrected chi connectivity index (χ4v) is 3.73. The summed E-state index contributed by atoms with van der Waals surface area (Å²) in [5, 5.41) is 3.45. The van der Waals surface area contributed by atoms with Crippen molar-refractivity contribution in [2.45, 2.75) is 38.4 Å². The van der Waals surface area contributed by atoms with Crippen molar-refractivity contribution in [1.82, 2.24) is 9.91 Å². The number of piperazine rings is 1. The second kappa shape index (κ2) is 7.81. The van der Waals surface area contributed by atoms with Crippen molar-refractivity contribution in [2.24, 2.45) is 5.10 Å². The molecular weight excluding hydrogens is 393 g/mol. The number of carbonyl (C=O) groups is 1. The first-order valence-corrected chi connectivity index (χ1v) is 9.68. The maximum atomic E-state index is 13.0. The lowest BCUT2D eigenvalue weighted by Gasteiger charge is -2.37. The molecular formula is C19H24ClF3N4O. The van der Waals surface area contributed by atoms with Crippen LogP contribution in [0.25, 0.3) is 0 Å². The third kappa shape index (κ3) is 4.21. The van der Waals surface area contributed by atoms with Crippen LogP contribution in [-0.2, 0) is 4.79 Å². The Morgan fingerprint density at radius 2 is 1.82 bits per heavy atom. The second-order valence-corrected chi connectivity index (χ2v) is 7.83. The van der Waals surface area contributed by atoms with E-state index in [1.165, 1.54) is 11.1 Å². The highest BCUT2D eigenvalue weighted by Crippen LogP contribution is 2.31. The van der Waals surface area contributed by atoms with Crippen molar-refractivity contribution in [1.29, 1.82) is 0 Å². The van der Waals surface area contributed by atoms with E-state index in [1.807, 2.05) is 0 Å². The predicted octanol–water partition coefficient (Wildman–Crippen LogP) is 3.18. The van der Waals surface area contributed by atoms with E-state index < -0.39 is 23.3 Å². The van der Waals surface area contributed by atoms with Gasteiger partial charge in [-0.2, -0.15) is 18.3 Å². The van der Waals surface area contributed by atoms with Crippen LogP contribution in [0, 0.1) is 13.8 Å². The molecule has 2 unspecified atom stereocenters. The van der Waals surface area contributed by atoms with Gasteiger partial charge in [-0.3, -0.25) is 9.80 Å². The number of halogens is 4. The molecule has 3 rings (SSSR count). The summed E-state index contributed by atoms with van der Waals surface area (Å²) in [6.45, 7) is 7.88. The summed E-state index contributed by atoms with van der Waals surface area (Å²) in [5.41, 5.74) is 2.53. The Morgan fingerprint density at radius 3 is 2.36 bits per heavy atom. The number of aryl methyl sites for hydroxylation is 2. The minimum absolute atomic E-state index is 0.201. The molecule has 0 aliphatic carbocycles. The molecule has 1 aromatic rings. The molecule has 0 saturated carbocycles. The van der Waals surface area contributed by atoms with Crippen molar-refractivity contribution >= 4 is 28.9 Å². The number of benzene rings is 1. The van der Waals surface area contributed by atoms with Crippen molar-refractivity contribution in [2.75, 3.05) is 37.6 Å². The predicted molar refractivity (Wildman–Crippen MR) is 104 cm³/mol. The van der Waals surface area contributed by atoms with Crippen LogP contribution in [0.15, 0.2) is 23.3 Å². The molecule has 1 amide bonds. The fraction of sp³-hybridized carbons (Fsp3) is 0.579. The highest BCUT2D eigenvalue weighted by atomic mass is 35.5. The fourth-order valence-electron chi connectivity index (χ4n) is 3.43. The molecule has 2 aliphatic rings. The molecule has 2 aliphatic heterocycles. The summed E-state index contributed by atoms with van der Waals surface area (Å²) >= 11 is 5.86. The topological polar surface area (TPSA) is 39.1 Å². The first kappa shape index (κ1) is 20.8. The van der Waals surface area contributed by atoms with Gasteiger partial charge in [0.1, 0.15) is 11.9 Å². The van der Waals surface area contributed by atoms with Crippen molar-refractivity contribution in [3.63, 3.8) is 0 Å². The zero-order valence-corrected chi connectivity index (χ0v) is 16.9. The molecule has 2 heterocycles. The molecule has 0 spiro atoms. The molecule has 28 heavy (non-hydrogen) atoms. The lowest BCUT2D eigenvalue weighted by atomic mass is 10.1. The van der Waals surface area contributed by atoms with E-state index in [0.29, 0.717) is 26.2 Å². The van der Waals surface area contributed by atoms with E-state index in [9.17, 15) is 18.0 Å². The van der Waals surface area contributed by atoms with Gasteiger partial charge in [0.25, 0.3) is 0 Å². The van der Waals surface area contributed by atoms with Crippen LogP contribution in [0.3, 0.4) is 0 Å². The highest BCUT2D eigenvalue weighted by molar-refractivity contribution is 6.34. The van der Waals surface area contributed by atoms with E-state index in [0.717, 1.165) is 10.7 Å². The maximum absolute atomic E-state index is 13.0. The van der Waals surface area contributed by atoms with E-state index >= 15 is 0 Å². The van der Waals surface area contributed by atoms with Crippen molar-refractivity contribution in [3.05, 3.63) is 29.3 Å². The van der Waals surface area contributed by atoms with Gasteiger partial charge in [-0.15, -0.1) is 11.6 Å². The minimum Gasteiger partial charge on any atom is -0.368 e. The molecule has 0 aromatic heterocycles. The van der Waals surface area contributed by atoms with Gasteiger partial charge in [0.05, 0.1) is 6.04 Å². The number of hydrogen-bond donors (Lipinski definition) is 0. The summed E-state index contributed by atoms with van der Waals surface area (Å²) in [7, 11) is 0. The Hall–Kier alpha value is -1.96. The van der Waals surface area contributed by atoms with E-state index in [2.05, 4.69) is 42.0 Å². The van der Waals surface area contributed by atoms with E-state index in [1.54, 1.807) is 11.8 Å². The Balaban J connectivity index is 1.58. The van der Waals surface area contributed by atoms with Gasteiger partial charge in [-0.25, -0.2) is 0 Å². The van der Waals surface area contributed by atoms with Crippen LogP contribution >= 0.6 is 11.6 Å². The third-order valence-electron chi connectivity index (χ3n) is 5.47. The van der Waals surface area contributed by atoms with Gasteiger partial charge >= 0.3 is 6.18 Å². The largest absolute Gasteiger partial charge is 0.432 e. The zero-order valence-electron chi connectivity index (χ0n) is 16.1. The third-order valence-corrected chi connectivity index (χ3v) is 6.04. The molecule has 1 saturated heterocycles. The van der Waals surface area contributed by atoms with E-state index in [-0.39, 0.29) is 12.5 Å². The molecule has 9 heteroatoms. The number of anilines is 1. The molecule has 0 radical (unpaired) electrons. The Kier molecular flexibility index (Phi) is 5.79. The Labute approximate surface area is 167 Å². The maximum Gasteiger partial charge on any atom is 0.432 e. The lowest BCUT2D eigenvalue weighted by Crippen LogP contribution is -2.51. The van der Waals surface area contributed by atoms with Gasteiger partial charge in [0.2, 0.25) is 5.91 Å². The summed E-state index contributed by atoms with van der Waals surface area (Å²) in [6, 6.07) is 5.60. The number of carbonyl (C=O) groups excluding carboxylic acids is 1. The van der Waals surface area contributed by atoms with Crippen LogP contribution in [0.1, 0.15) is 18.1 Å². The number of amides is 1. The van der Waals surface area contributed by atoms with Gasteiger partial charge in [0.15, 0.2) is 5.71 Å². The molecule has 154 valence electrons. The van der Waals surface area contributed by atoms with Gasteiger partial charge in [0, 0.05) is 31.9 Å². The first-order chi connectivity index (χ1) is 13.1. The van der Waals surface area contributed by atoms with Crippen LogP contribution in [0.4, 0.5) is 18.9 Å². The molecule has 0 N–H and O–H groups in total. The Morgan fingerprint density at radius 1 is 1.18 bits per heavy atom. The normalized spacial score (nSPS) is 23.2. The number of alkyl halides is 4. The molecule has 1 fully saturated rings. The quantitative estimate of drug-likeness (QED) is 0.710. The van der Waals surface area contributed by atoms with Gasteiger partial charge in [-0.05, 0) is 44.0 Å². The second-order valence-electron chi connectivity index (χ2n) is 7.36. The summed E-state index contributed by atoms with van der Waals surface area (Å²) < 4.78 is 38.9. The number of nitrogens with zero attached hydrogens (tertiary/aromatic N) is 4. The molecule has 2 atom stereocenters. The summed E-state index contributed by atoms with van der Waals surface area (Å²) in [6.07, 6.45) is -4.59. The summed E-state index contributed by atoms with van der Waals surface area (Å²) in [5.74, 6) is -0.234. The summed E-state index contributed by atoms with van der Waals surface area (Å²) in [4.78, 5) is 16.5. The molecule has 1 aromatic carbocycles. The average molecular weight is 417 g/mol. The molecule has 0 bridgehead atoms. The SMILES string of the molecule is Cc1ccc(N2CCN(C(=O)CN3N=C(C(F)(F)F)C(Cl)C3C)CC2)cc1C. The van der Waals surface area contributed by atoms with Gasteiger partial charge in [-0.1, -0.05) is 6.07 Å².